The fourth-order valence-electron chi connectivity index (χ4n) is 3.69. The van der Waals surface area contributed by atoms with Crippen molar-refractivity contribution in [3.05, 3.63) is 64.3 Å². The zero-order valence-electron chi connectivity index (χ0n) is 15.1. The van der Waals surface area contributed by atoms with Gasteiger partial charge in [0, 0.05) is 39.3 Å². The van der Waals surface area contributed by atoms with E-state index < -0.39 is 0 Å². The molecule has 7 heteroatoms. The summed E-state index contributed by atoms with van der Waals surface area (Å²) in [5.41, 5.74) is 4.64. The summed E-state index contributed by atoms with van der Waals surface area (Å²) in [4.78, 5) is 16.3. The molecule has 5 rings (SSSR count). The van der Waals surface area contributed by atoms with Gasteiger partial charge in [0.1, 0.15) is 0 Å². The normalized spacial score (nSPS) is 15.8. The van der Waals surface area contributed by atoms with Crippen LogP contribution in [0.3, 0.4) is 0 Å². The van der Waals surface area contributed by atoms with Gasteiger partial charge in [-0.3, -0.25) is 4.79 Å². The first-order valence-electron chi connectivity index (χ1n) is 9.20. The van der Waals surface area contributed by atoms with Gasteiger partial charge in [0.2, 0.25) is 0 Å². The molecule has 1 amide bonds. The van der Waals surface area contributed by atoms with Crippen LogP contribution in [-0.4, -0.2) is 46.9 Å². The Morgan fingerprint density at radius 3 is 2.64 bits per heavy atom. The summed E-state index contributed by atoms with van der Waals surface area (Å²) in [7, 11) is 0. The van der Waals surface area contributed by atoms with Crippen molar-refractivity contribution in [2.24, 2.45) is 0 Å². The van der Waals surface area contributed by atoms with E-state index in [2.05, 4.69) is 28.1 Å². The summed E-state index contributed by atoms with van der Waals surface area (Å²) in [6, 6.07) is 16.2. The smallest absolute Gasteiger partial charge is 0.274 e. The van der Waals surface area contributed by atoms with E-state index in [0.29, 0.717) is 32.0 Å². The molecule has 1 aromatic heterocycles. The maximum Gasteiger partial charge on any atom is 0.274 e. The van der Waals surface area contributed by atoms with Crippen LogP contribution in [0.1, 0.15) is 16.1 Å². The summed E-state index contributed by atoms with van der Waals surface area (Å²) >= 11 is 5.42. The number of carbonyl (C=O) groups is 1. The highest BCUT2D eigenvalue weighted by molar-refractivity contribution is 9.10. The third kappa shape index (κ3) is 2.98. The number of benzene rings is 2. The second-order valence-electron chi connectivity index (χ2n) is 6.73. The molecule has 0 saturated carbocycles. The molecule has 0 unspecified atom stereocenters. The van der Waals surface area contributed by atoms with Crippen LogP contribution in [0.15, 0.2) is 57.9 Å². The van der Waals surface area contributed by atoms with Crippen LogP contribution in [0.2, 0.25) is 0 Å². The van der Waals surface area contributed by atoms with Crippen molar-refractivity contribution in [1.29, 1.82) is 0 Å². The van der Waals surface area contributed by atoms with Crippen LogP contribution in [0.5, 0.6) is 0 Å². The Morgan fingerprint density at radius 1 is 1.07 bits per heavy atom. The van der Waals surface area contributed by atoms with Gasteiger partial charge in [-0.15, -0.1) is 11.8 Å². The molecule has 0 bridgehead atoms. The topological polar surface area (TPSA) is 47.4 Å². The fourth-order valence-corrected chi connectivity index (χ4v) is 5.49. The molecule has 2 aromatic carbocycles. The Bertz CT molecular complexity index is 1050. The van der Waals surface area contributed by atoms with Gasteiger partial charge in [-0.25, -0.2) is 4.68 Å². The molecule has 0 spiro atoms. The van der Waals surface area contributed by atoms with Gasteiger partial charge in [0.15, 0.2) is 5.69 Å². The Labute approximate surface area is 175 Å². The maximum absolute atomic E-state index is 13.3. The van der Waals surface area contributed by atoms with E-state index in [1.54, 1.807) is 11.8 Å². The highest BCUT2D eigenvalue weighted by atomic mass is 79.9. The van der Waals surface area contributed by atoms with E-state index in [0.717, 1.165) is 32.7 Å². The predicted octanol–water partition coefficient (Wildman–Crippen LogP) is 4.38. The number of carbonyl (C=O) groups excluding carboxylic acids is 1. The third-order valence-corrected chi connectivity index (χ3v) is 7.15. The first-order chi connectivity index (χ1) is 13.7. The van der Waals surface area contributed by atoms with Gasteiger partial charge in [0.05, 0.1) is 24.6 Å². The lowest BCUT2D eigenvalue weighted by molar-refractivity contribution is 0.0298. The standard InChI is InChI=1S/C21H18BrN3O2S/c22-17-8-4-7-15-19-16(13-28-20(15)17)18(21(26)24-9-11-27-12-10-24)23-25(19)14-5-2-1-3-6-14/h1-8H,9-13H2. The summed E-state index contributed by atoms with van der Waals surface area (Å²) in [6.45, 7) is 2.39. The maximum atomic E-state index is 13.3. The molecule has 0 aliphatic carbocycles. The molecule has 0 atom stereocenters. The lowest BCUT2D eigenvalue weighted by Crippen LogP contribution is -2.41. The lowest BCUT2D eigenvalue weighted by atomic mass is 10.0. The number of para-hydroxylation sites is 1. The molecule has 3 heterocycles. The number of halogens is 1. The number of rotatable bonds is 2. The molecule has 142 valence electrons. The van der Waals surface area contributed by atoms with E-state index in [1.807, 2.05) is 46.0 Å². The molecule has 1 fully saturated rings. The number of aromatic nitrogens is 2. The molecule has 0 N–H and O–H groups in total. The first-order valence-corrected chi connectivity index (χ1v) is 11.0. The Balaban J connectivity index is 1.70. The van der Waals surface area contributed by atoms with E-state index in [4.69, 9.17) is 9.84 Å². The number of morpholine rings is 1. The van der Waals surface area contributed by atoms with Gasteiger partial charge in [-0.1, -0.05) is 30.3 Å². The molecular weight excluding hydrogens is 438 g/mol. The number of hydrogen-bond acceptors (Lipinski definition) is 4. The largest absolute Gasteiger partial charge is 0.378 e. The highest BCUT2D eigenvalue weighted by Gasteiger charge is 2.32. The van der Waals surface area contributed by atoms with Crippen LogP contribution in [0, 0.1) is 0 Å². The summed E-state index contributed by atoms with van der Waals surface area (Å²) in [5.74, 6) is 0.719. The van der Waals surface area contributed by atoms with Gasteiger partial charge >= 0.3 is 0 Å². The second-order valence-corrected chi connectivity index (χ2v) is 8.57. The fraction of sp³-hybridized carbons (Fsp3) is 0.238. The first kappa shape index (κ1) is 18.0. The molecule has 0 radical (unpaired) electrons. The zero-order valence-corrected chi connectivity index (χ0v) is 17.5. The monoisotopic (exact) mass is 455 g/mol. The van der Waals surface area contributed by atoms with E-state index in [1.165, 1.54) is 4.90 Å². The minimum atomic E-state index is -0.00622. The summed E-state index contributed by atoms with van der Waals surface area (Å²) in [5, 5.41) is 4.82. The number of ether oxygens (including phenoxy) is 1. The lowest BCUT2D eigenvalue weighted by Gasteiger charge is -2.26. The number of nitrogens with zero attached hydrogens (tertiary/aromatic N) is 3. The summed E-state index contributed by atoms with van der Waals surface area (Å²) < 4.78 is 8.40. The molecule has 2 aliphatic heterocycles. The van der Waals surface area contributed by atoms with Crippen molar-refractivity contribution in [3.8, 4) is 16.9 Å². The van der Waals surface area contributed by atoms with Crippen molar-refractivity contribution >= 4 is 33.6 Å². The minimum absolute atomic E-state index is 0.00622. The van der Waals surface area contributed by atoms with E-state index in [9.17, 15) is 4.79 Å². The number of amides is 1. The molecule has 2 aliphatic rings. The van der Waals surface area contributed by atoms with Crippen LogP contribution < -0.4 is 0 Å². The van der Waals surface area contributed by atoms with E-state index in [-0.39, 0.29) is 5.91 Å². The van der Waals surface area contributed by atoms with Gasteiger partial charge in [0.25, 0.3) is 5.91 Å². The second kappa shape index (κ2) is 7.39. The van der Waals surface area contributed by atoms with Gasteiger partial charge in [-0.05, 0) is 34.1 Å². The van der Waals surface area contributed by atoms with Crippen LogP contribution >= 0.6 is 27.7 Å². The van der Waals surface area contributed by atoms with Crippen molar-refractivity contribution < 1.29 is 9.53 Å². The average molecular weight is 456 g/mol. The molecule has 5 nitrogen and oxygen atoms in total. The molecule has 3 aromatic rings. The average Bonchev–Trinajstić information content (AvgIpc) is 3.15. The molecule has 28 heavy (non-hydrogen) atoms. The van der Waals surface area contributed by atoms with Gasteiger partial charge < -0.3 is 9.64 Å². The van der Waals surface area contributed by atoms with Crippen LogP contribution in [0.4, 0.5) is 0 Å². The summed E-state index contributed by atoms with van der Waals surface area (Å²) in [6.07, 6.45) is 0. The highest BCUT2D eigenvalue weighted by Crippen LogP contribution is 2.46. The van der Waals surface area contributed by atoms with Crippen LogP contribution in [0.25, 0.3) is 16.9 Å². The Kier molecular flexibility index (Phi) is 4.74. The minimum Gasteiger partial charge on any atom is -0.378 e. The van der Waals surface area contributed by atoms with Crippen molar-refractivity contribution in [2.45, 2.75) is 10.6 Å². The molecule has 1 saturated heterocycles. The number of hydrogen-bond donors (Lipinski definition) is 0. The van der Waals surface area contributed by atoms with Crippen molar-refractivity contribution in [2.75, 3.05) is 26.3 Å². The Hall–Kier alpha value is -2.09. The third-order valence-electron chi connectivity index (χ3n) is 5.07. The van der Waals surface area contributed by atoms with Crippen LogP contribution in [-0.2, 0) is 10.5 Å². The predicted molar refractivity (Wildman–Crippen MR) is 113 cm³/mol. The van der Waals surface area contributed by atoms with Crippen molar-refractivity contribution in [1.82, 2.24) is 14.7 Å². The van der Waals surface area contributed by atoms with Crippen molar-refractivity contribution in [3.63, 3.8) is 0 Å². The Morgan fingerprint density at radius 2 is 1.86 bits per heavy atom. The SMILES string of the molecule is O=C(c1nn(-c2ccccc2)c2c1CSc1c(Br)cccc1-2)N1CCOCC1. The van der Waals surface area contributed by atoms with E-state index >= 15 is 0 Å². The van der Waals surface area contributed by atoms with Gasteiger partial charge in [-0.2, -0.15) is 5.10 Å². The zero-order chi connectivity index (χ0) is 19.1. The number of fused-ring (bicyclic) bond motifs is 3. The number of thioether (sulfide) groups is 1. The molecular formula is C21H18BrN3O2S. The quantitative estimate of drug-likeness (QED) is 0.575.